The highest BCUT2D eigenvalue weighted by Gasteiger charge is 2.15. The largest absolute Gasteiger partial charge is 0.490 e. The lowest BCUT2D eigenvalue weighted by atomic mass is 10.1. The molecule has 0 radical (unpaired) electrons. The molecule has 0 spiro atoms. The molecule has 0 saturated heterocycles. The summed E-state index contributed by atoms with van der Waals surface area (Å²) < 4.78 is 28.1. The van der Waals surface area contributed by atoms with Gasteiger partial charge in [-0.25, -0.2) is 4.39 Å². The predicted octanol–water partition coefficient (Wildman–Crippen LogP) is 1.86. The minimum atomic E-state index is -0.581. The standard InChI is InChI=1S/C22H22FN7O3/c1-25-10-15(9-24)14-7-18(23)21-28-27-20(30(21)12-14)13-29-4-3-19-17(22(29)31)8-16(11-26-19)33-6-5-32-2/h3-4,7-12,24-25H,5-6,13H2,1-2H3/b15-10+,24-9?. The molecule has 0 fully saturated rings. The predicted molar refractivity (Wildman–Crippen MR) is 121 cm³/mol. The lowest BCUT2D eigenvalue weighted by Gasteiger charge is -2.09. The Morgan fingerprint density at radius 3 is 2.91 bits per heavy atom. The third-order valence-corrected chi connectivity index (χ3v) is 4.98. The SMILES string of the molecule is CN/C=C(\C=N)c1cc(F)c2nnc(Cn3ccc4ncc(OCCOC)cc4c3=O)n2c1. The number of nitrogens with one attached hydrogen (secondary N) is 2. The van der Waals surface area contributed by atoms with E-state index in [9.17, 15) is 9.18 Å². The fourth-order valence-electron chi connectivity index (χ4n) is 3.37. The van der Waals surface area contributed by atoms with Gasteiger partial charge in [-0.15, -0.1) is 10.2 Å². The molecule has 4 aromatic heterocycles. The van der Waals surface area contributed by atoms with E-state index in [1.165, 1.54) is 15.0 Å². The quantitative estimate of drug-likeness (QED) is 0.294. The van der Waals surface area contributed by atoms with Crippen molar-refractivity contribution in [3.05, 3.63) is 70.5 Å². The summed E-state index contributed by atoms with van der Waals surface area (Å²) in [5.41, 5.74) is 1.22. The third kappa shape index (κ3) is 4.44. The minimum Gasteiger partial charge on any atom is -0.490 e. The van der Waals surface area contributed by atoms with Crippen molar-refractivity contribution in [1.82, 2.24) is 29.5 Å². The number of aromatic nitrogens is 5. The number of methoxy groups -OCH3 is 1. The monoisotopic (exact) mass is 451 g/mol. The summed E-state index contributed by atoms with van der Waals surface area (Å²) >= 11 is 0. The van der Waals surface area contributed by atoms with E-state index in [1.807, 2.05) is 0 Å². The summed E-state index contributed by atoms with van der Waals surface area (Å²) in [5.74, 6) is 0.244. The number of ether oxygens (including phenoxy) is 2. The zero-order valence-corrected chi connectivity index (χ0v) is 18.1. The van der Waals surface area contributed by atoms with Crippen molar-refractivity contribution in [1.29, 1.82) is 5.41 Å². The van der Waals surface area contributed by atoms with Gasteiger partial charge in [0.05, 0.1) is 30.3 Å². The van der Waals surface area contributed by atoms with Crippen molar-refractivity contribution in [3.8, 4) is 5.75 Å². The minimum absolute atomic E-state index is 0.0341. The first-order chi connectivity index (χ1) is 16.0. The fourth-order valence-corrected chi connectivity index (χ4v) is 3.37. The van der Waals surface area contributed by atoms with Crippen LogP contribution in [0.3, 0.4) is 0 Å². The summed E-state index contributed by atoms with van der Waals surface area (Å²) in [7, 11) is 3.27. The first-order valence-electron chi connectivity index (χ1n) is 10.1. The van der Waals surface area contributed by atoms with Crippen molar-refractivity contribution < 1.29 is 13.9 Å². The topological polar surface area (TPSA) is 119 Å². The molecule has 4 rings (SSSR count). The van der Waals surface area contributed by atoms with Crippen LogP contribution < -0.4 is 15.6 Å². The van der Waals surface area contributed by atoms with Gasteiger partial charge in [-0.05, 0) is 18.2 Å². The summed E-state index contributed by atoms with van der Waals surface area (Å²) in [4.78, 5) is 17.4. The number of nitrogens with zero attached hydrogens (tertiary/aromatic N) is 5. The summed E-state index contributed by atoms with van der Waals surface area (Å²) in [5, 5.41) is 18.8. The van der Waals surface area contributed by atoms with E-state index in [-0.39, 0.29) is 17.8 Å². The van der Waals surface area contributed by atoms with Crippen molar-refractivity contribution in [2.45, 2.75) is 6.54 Å². The molecule has 10 nitrogen and oxygen atoms in total. The lowest BCUT2D eigenvalue weighted by molar-refractivity contribution is 0.146. The van der Waals surface area contributed by atoms with E-state index in [2.05, 4.69) is 20.5 Å². The van der Waals surface area contributed by atoms with E-state index >= 15 is 0 Å². The van der Waals surface area contributed by atoms with Crippen LogP contribution in [0.2, 0.25) is 0 Å². The molecule has 0 aliphatic carbocycles. The first-order valence-corrected chi connectivity index (χ1v) is 10.1. The molecule has 0 aliphatic heterocycles. The van der Waals surface area contributed by atoms with Crippen LogP contribution in [0.25, 0.3) is 22.1 Å². The van der Waals surface area contributed by atoms with Gasteiger partial charge in [0.2, 0.25) is 0 Å². The molecule has 0 saturated carbocycles. The van der Waals surface area contributed by atoms with E-state index in [0.29, 0.717) is 46.8 Å². The number of pyridine rings is 3. The van der Waals surface area contributed by atoms with Gasteiger partial charge in [0.15, 0.2) is 17.3 Å². The van der Waals surface area contributed by atoms with Gasteiger partial charge in [-0.1, -0.05) is 0 Å². The summed E-state index contributed by atoms with van der Waals surface area (Å²) in [6, 6.07) is 4.64. The van der Waals surface area contributed by atoms with Crippen molar-refractivity contribution in [2.24, 2.45) is 0 Å². The Morgan fingerprint density at radius 2 is 2.15 bits per heavy atom. The molecule has 0 aromatic carbocycles. The van der Waals surface area contributed by atoms with Crippen LogP contribution in [-0.2, 0) is 11.3 Å². The molecule has 11 heteroatoms. The van der Waals surface area contributed by atoms with Gasteiger partial charge in [0.25, 0.3) is 5.56 Å². The average Bonchev–Trinajstić information content (AvgIpc) is 3.23. The van der Waals surface area contributed by atoms with Crippen LogP contribution in [0.4, 0.5) is 4.39 Å². The third-order valence-electron chi connectivity index (χ3n) is 4.98. The molecule has 170 valence electrons. The Labute approximate surface area is 187 Å². The number of rotatable bonds is 9. The van der Waals surface area contributed by atoms with Crippen LogP contribution >= 0.6 is 0 Å². The number of allylic oxidation sites excluding steroid dienone is 1. The Hall–Kier alpha value is -4.12. The van der Waals surface area contributed by atoms with Crippen molar-refractivity contribution in [3.63, 3.8) is 0 Å². The maximum absolute atomic E-state index is 14.6. The molecular weight excluding hydrogens is 429 g/mol. The highest BCUT2D eigenvalue weighted by molar-refractivity contribution is 6.08. The van der Waals surface area contributed by atoms with Crippen LogP contribution in [0.1, 0.15) is 11.4 Å². The highest BCUT2D eigenvalue weighted by Crippen LogP contribution is 2.19. The molecule has 4 heterocycles. The highest BCUT2D eigenvalue weighted by atomic mass is 19.1. The molecule has 4 aromatic rings. The Balaban J connectivity index is 1.73. The molecule has 0 unspecified atom stereocenters. The van der Waals surface area contributed by atoms with Gasteiger partial charge >= 0.3 is 0 Å². The smallest absolute Gasteiger partial charge is 0.260 e. The molecule has 33 heavy (non-hydrogen) atoms. The van der Waals surface area contributed by atoms with Crippen molar-refractivity contribution in [2.75, 3.05) is 27.4 Å². The van der Waals surface area contributed by atoms with Gasteiger partial charge in [0, 0.05) is 50.1 Å². The summed E-state index contributed by atoms with van der Waals surface area (Å²) in [6.45, 7) is 0.812. The normalized spacial score (nSPS) is 11.8. The number of hydrogen-bond donors (Lipinski definition) is 2. The van der Waals surface area contributed by atoms with Crippen LogP contribution in [0, 0.1) is 11.2 Å². The Morgan fingerprint density at radius 1 is 1.30 bits per heavy atom. The fraction of sp³-hybridized carbons (Fsp3) is 0.227. The molecule has 2 N–H and O–H groups in total. The second-order valence-corrected chi connectivity index (χ2v) is 7.11. The molecule has 0 amide bonds. The van der Waals surface area contributed by atoms with E-state index in [1.54, 1.807) is 51.1 Å². The average molecular weight is 451 g/mol. The van der Waals surface area contributed by atoms with E-state index < -0.39 is 5.82 Å². The summed E-state index contributed by atoms with van der Waals surface area (Å²) in [6.07, 6.45) is 7.50. The zero-order chi connectivity index (χ0) is 23.4. The first kappa shape index (κ1) is 22.1. The lowest BCUT2D eigenvalue weighted by Crippen LogP contribution is -2.21. The second kappa shape index (κ2) is 9.57. The van der Waals surface area contributed by atoms with E-state index in [0.717, 1.165) is 6.21 Å². The molecular formula is C22H22FN7O3. The number of halogens is 1. The van der Waals surface area contributed by atoms with E-state index in [4.69, 9.17) is 14.9 Å². The van der Waals surface area contributed by atoms with Crippen LogP contribution in [0.5, 0.6) is 5.75 Å². The van der Waals surface area contributed by atoms with Gasteiger partial charge in [-0.3, -0.25) is 14.2 Å². The number of fused-ring (bicyclic) bond motifs is 2. The maximum Gasteiger partial charge on any atom is 0.260 e. The Kier molecular flexibility index (Phi) is 6.41. The van der Waals surface area contributed by atoms with Gasteiger partial charge in [-0.2, -0.15) is 0 Å². The second-order valence-electron chi connectivity index (χ2n) is 7.11. The zero-order valence-electron chi connectivity index (χ0n) is 18.1. The Bertz CT molecular complexity index is 1410. The molecule has 0 aliphatic rings. The number of hydrogen-bond acceptors (Lipinski definition) is 8. The van der Waals surface area contributed by atoms with Crippen molar-refractivity contribution >= 4 is 28.3 Å². The maximum atomic E-state index is 14.6. The molecule has 0 bridgehead atoms. The van der Waals surface area contributed by atoms with Crippen LogP contribution in [0.15, 0.2) is 47.8 Å². The van der Waals surface area contributed by atoms with Gasteiger partial charge in [0.1, 0.15) is 12.4 Å². The van der Waals surface area contributed by atoms with Crippen LogP contribution in [-0.4, -0.2) is 57.7 Å². The van der Waals surface area contributed by atoms with Gasteiger partial charge < -0.3 is 24.8 Å². The molecule has 0 atom stereocenters.